The summed E-state index contributed by atoms with van der Waals surface area (Å²) in [5.41, 5.74) is 6.79. The molecule has 0 saturated carbocycles. The van der Waals surface area contributed by atoms with Gasteiger partial charge >= 0.3 is 0 Å². The Morgan fingerprint density at radius 1 is 0.245 bits per heavy atom. The molecule has 0 aliphatic rings. The van der Waals surface area contributed by atoms with Crippen LogP contribution in [0.1, 0.15) is 0 Å². The third-order valence-corrected chi connectivity index (χ3v) is 10.6. The van der Waals surface area contributed by atoms with E-state index in [0.717, 1.165) is 21.9 Å². The van der Waals surface area contributed by atoms with Crippen molar-refractivity contribution in [1.82, 2.24) is 0 Å². The first-order valence-electron chi connectivity index (χ1n) is 16.9. The third kappa shape index (κ3) is 3.82. The van der Waals surface area contributed by atoms with Crippen LogP contribution >= 0.6 is 0 Å². The van der Waals surface area contributed by atoms with E-state index in [-0.39, 0.29) is 0 Å². The topological polar surface area (TPSA) is 13.1 Å². The summed E-state index contributed by atoms with van der Waals surface area (Å²) < 4.78 is 6.40. The molecule has 1 heterocycles. The minimum atomic E-state index is 0.912. The SMILES string of the molecule is c1ccc2cc3c(cc2c1)oc1ccc(-c2c4ccccc4c(-c4ccc5c6ccccc6c6ccccc6c5c4)c4ccccc24)cc13. The summed E-state index contributed by atoms with van der Waals surface area (Å²) in [6.45, 7) is 0. The summed E-state index contributed by atoms with van der Waals surface area (Å²) in [7, 11) is 0. The summed E-state index contributed by atoms with van der Waals surface area (Å²) in [5.74, 6) is 0. The fraction of sp³-hybridized carbons (Fsp3) is 0. The molecule has 11 aromatic rings. The first-order chi connectivity index (χ1) is 24.3. The number of hydrogen-bond acceptors (Lipinski definition) is 1. The van der Waals surface area contributed by atoms with E-state index in [9.17, 15) is 0 Å². The zero-order chi connectivity index (χ0) is 32.1. The summed E-state index contributed by atoms with van der Waals surface area (Å²) in [4.78, 5) is 0. The standard InChI is InChI=1S/C48H28O/c1-2-12-30-28-46-44(25-29(30)11-1)43-27-32(22-24-45(43)49-46)48-40-19-9-7-17-38(40)47(39-18-8-10-20-41(39)48)31-21-23-37-35-15-4-3-13-33(35)34-14-5-6-16-36(34)42(37)26-31/h1-28H. The highest BCUT2D eigenvalue weighted by Gasteiger charge is 2.19. The smallest absolute Gasteiger partial charge is 0.136 e. The molecule has 0 N–H and O–H groups in total. The van der Waals surface area contributed by atoms with Crippen LogP contribution in [0.4, 0.5) is 0 Å². The van der Waals surface area contributed by atoms with Crippen molar-refractivity contribution in [2.45, 2.75) is 0 Å². The number of rotatable bonds is 2. The van der Waals surface area contributed by atoms with Gasteiger partial charge in [-0.3, -0.25) is 0 Å². The molecule has 0 atom stereocenters. The molecule has 11 rings (SSSR count). The average molecular weight is 621 g/mol. The third-order valence-electron chi connectivity index (χ3n) is 10.6. The monoisotopic (exact) mass is 620 g/mol. The first-order valence-corrected chi connectivity index (χ1v) is 16.9. The maximum Gasteiger partial charge on any atom is 0.136 e. The zero-order valence-corrected chi connectivity index (χ0v) is 26.6. The summed E-state index contributed by atoms with van der Waals surface area (Å²) in [6.07, 6.45) is 0. The van der Waals surface area contributed by atoms with Crippen LogP contribution in [-0.2, 0) is 0 Å². The van der Waals surface area contributed by atoms with E-state index in [2.05, 4.69) is 170 Å². The molecule has 0 fully saturated rings. The van der Waals surface area contributed by atoms with Gasteiger partial charge in [0.15, 0.2) is 0 Å². The van der Waals surface area contributed by atoms with Gasteiger partial charge in [-0.1, -0.05) is 140 Å². The van der Waals surface area contributed by atoms with Gasteiger partial charge in [0.2, 0.25) is 0 Å². The molecular formula is C48H28O. The molecule has 10 aromatic carbocycles. The van der Waals surface area contributed by atoms with Gasteiger partial charge in [0.1, 0.15) is 11.2 Å². The molecule has 0 spiro atoms. The fourth-order valence-electron chi connectivity index (χ4n) is 8.43. The zero-order valence-electron chi connectivity index (χ0n) is 26.6. The van der Waals surface area contributed by atoms with E-state index in [1.807, 2.05) is 0 Å². The van der Waals surface area contributed by atoms with Gasteiger partial charge in [-0.15, -0.1) is 0 Å². The fourth-order valence-corrected chi connectivity index (χ4v) is 8.43. The normalized spacial score (nSPS) is 12.1. The Morgan fingerprint density at radius 2 is 0.633 bits per heavy atom. The molecule has 0 unspecified atom stereocenters. The van der Waals surface area contributed by atoms with E-state index in [0.29, 0.717) is 0 Å². The first kappa shape index (κ1) is 26.6. The van der Waals surface area contributed by atoms with Crippen LogP contribution in [0.3, 0.4) is 0 Å². The van der Waals surface area contributed by atoms with Crippen LogP contribution in [0.2, 0.25) is 0 Å². The Labute approximate surface area is 282 Å². The van der Waals surface area contributed by atoms with Crippen LogP contribution < -0.4 is 0 Å². The lowest BCUT2D eigenvalue weighted by atomic mass is 9.84. The maximum absolute atomic E-state index is 6.40. The molecule has 0 aliphatic carbocycles. The van der Waals surface area contributed by atoms with Crippen molar-refractivity contribution in [1.29, 1.82) is 0 Å². The van der Waals surface area contributed by atoms with Crippen LogP contribution in [0.25, 0.3) is 109 Å². The van der Waals surface area contributed by atoms with Gasteiger partial charge in [0.25, 0.3) is 0 Å². The van der Waals surface area contributed by atoms with Gasteiger partial charge in [-0.05, 0) is 117 Å². The van der Waals surface area contributed by atoms with Crippen LogP contribution in [0.5, 0.6) is 0 Å². The van der Waals surface area contributed by atoms with Crippen molar-refractivity contribution >= 4 is 86.6 Å². The van der Waals surface area contributed by atoms with Crippen LogP contribution in [-0.4, -0.2) is 0 Å². The Balaban J connectivity index is 1.21. The Morgan fingerprint density at radius 3 is 1.18 bits per heavy atom. The summed E-state index contributed by atoms with van der Waals surface area (Å²) >= 11 is 0. The molecule has 0 bridgehead atoms. The minimum Gasteiger partial charge on any atom is -0.456 e. The number of benzene rings is 10. The molecule has 0 amide bonds. The van der Waals surface area contributed by atoms with E-state index in [1.54, 1.807) is 0 Å². The van der Waals surface area contributed by atoms with Crippen molar-refractivity contribution in [3.05, 3.63) is 170 Å². The molecule has 1 heteroatoms. The highest BCUT2D eigenvalue weighted by molar-refractivity contribution is 6.27. The molecule has 49 heavy (non-hydrogen) atoms. The molecule has 0 radical (unpaired) electrons. The second-order valence-electron chi connectivity index (χ2n) is 13.2. The summed E-state index contributed by atoms with van der Waals surface area (Å²) in [5, 5.41) is 17.5. The van der Waals surface area contributed by atoms with E-state index in [1.165, 1.54) is 86.9 Å². The molecule has 0 saturated heterocycles. The predicted octanol–water partition coefficient (Wildman–Crippen LogP) is 13.8. The number of fused-ring (bicyclic) bond motifs is 12. The van der Waals surface area contributed by atoms with Gasteiger partial charge in [-0.25, -0.2) is 0 Å². The quantitative estimate of drug-likeness (QED) is 0.138. The lowest BCUT2D eigenvalue weighted by molar-refractivity contribution is 0.669. The average Bonchev–Trinajstić information content (AvgIpc) is 3.52. The minimum absolute atomic E-state index is 0.912. The van der Waals surface area contributed by atoms with Crippen molar-refractivity contribution < 1.29 is 4.42 Å². The lowest BCUT2D eigenvalue weighted by Gasteiger charge is -2.18. The number of hydrogen-bond donors (Lipinski definition) is 0. The highest BCUT2D eigenvalue weighted by atomic mass is 16.3. The Hall–Kier alpha value is -6.44. The van der Waals surface area contributed by atoms with Gasteiger partial charge < -0.3 is 4.42 Å². The van der Waals surface area contributed by atoms with Gasteiger partial charge in [-0.2, -0.15) is 0 Å². The Bertz CT molecular complexity index is 3070. The predicted molar refractivity (Wildman–Crippen MR) is 210 cm³/mol. The van der Waals surface area contributed by atoms with Crippen molar-refractivity contribution in [2.75, 3.05) is 0 Å². The van der Waals surface area contributed by atoms with Gasteiger partial charge in [0, 0.05) is 10.8 Å². The largest absolute Gasteiger partial charge is 0.456 e. The van der Waals surface area contributed by atoms with Crippen molar-refractivity contribution in [2.24, 2.45) is 0 Å². The van der Waals surface area contributed by atoms with E-state index in [4.69, 9.17) is 4.42 Å². The number of furan rings is 1. The second kappa shape index (κ2) is 10.0. The van der Waals surface area contributed by atoms with Crippen molar-refractivity contribution in [3.63, 3.8) is 0 Å². The Kier molecular flexibility index (Phi) is 5.45. The van der Waals surface area contributed by atoms with Crippen molar-refractivity contribution in [3.8, 4) is 22.3 Å². The van der Waals surface area contributed by atoms with Gasteiger partial charge in [0.05, 0.1) is 0 Å². The molecular weight excluding hydrogens is 593 g/mol. The van der Waals surface area contributed by atoms with E-state index >= 15 is 0 Å². The highest BCUT2D eigenvalue weighted by Crippen LogP contribution is 2.46. The lowest BCUT2D eigenvalue weighted by Crippen LogP contribution is -1.91. The summed E-state index contributed by atoms with van der Waals surface area (Å²) in [6, 6.07) is 62.2. The van der Waals surface area contributed by atoms with E-state index < -0.39 is 0 Å². The molecule has 1 nitrogen and oxygen atoms in total. The molecule has 1 aromatic heterocycles. The molecule has 226 valence electrons. The van der Waals surface area contributed by atoms with Crippen LogP contribution in [0, 0.1) is 0 Å². The van der Waals surface area contributed by atoms with Crippen LogP contribution in [0.15, 0.2) is 174 Å². The molecule has 0 aliphatic heterocycles. The second-order valence-corrected chi connectivity index (χ2v) is 13.2. The maximum atomic E-state index is 6.40.